The van der Waals surface area contributed by atoms with Crippen LogP contribution in [0.15, 0.2) is 18.2 Å². The van der Waals surface area contributed by atoms with Crippen LogP contribution < -0.4 is 5.32 Å². The van der Waals surface area contributed by atoms with Gasteiger partial charge >= 0.3 is 0 Å². The van der Waals surface area contributed by atoms with E-state index in [1.54, 1.807) is 12.1 Å². The number of benzene rings is 1. The molecule has 0 radical (unpaired) electrons. The Hall–Kier alpha value is -0.730. The van der Waals surface area contributed by atoms with E-state index in [2.05, 4.69) is 5.32 Å². The molecule has 1 aromatic rings. The van der Waals surface area contributed by atoms with Gasteiger partial charge in [0.2, 0.25) is 5.91 Å². The molecule has 17 heavy (non-hydrogen) atoms. The molecule has 1 aliphatic carbocycles. The Balaban J connectivity index is 2.03. The third-order valence-electron chi connectivity index (χ3n) is 3.26. The average Bonchev–Trinajstić information content (AvgIpc) is 2.13. The molecule has 0 spiro atoms. The van der Waals surface area contributed by atoms with Crippen molar-refractivity contribution in [1.29, 1.82) is 0 Å². The molecule has 4 heteroatoms. The maximum atomic E-state index is 11.8. The number of carbonyl (C=O) groups excluding carboxylic acids is 1. The Kier molecular flexibility index (Phi) is 3.95. The zero-order valence-corrected chi connectivity index (χ0v) is 11.2. The molecule has 1 aromatic carbocycles. The van der Waals surface area contributed by atoms with Crippen molar-refractivity contribution in [3.8, 4) is 0 Å². The molecular weight excluding hydrogens is 257 g/mol. The third-order valence-corrected chi connectivity index (χ3v) is 3.83. The van der Waals surface area contributed by atoms with Crippen LogP contribution in [-0.4, -0.2) is 5.91 Å². The first-order valence-corrected chi connectivity index (χ1v) is 6.59. The SMILES string of the molecule is C[C@@H](NC(=O)C1CCC1)c1ccc(Cl)cc1Cl. The number of hydrogen-bond acceptors (Lipinski definition) is 1. The van der Waals surface area contributed by atoms with E-state index in [-0.39, 0.29) is 17.9 Å². The predicted octanol–water partition coefficient (Wildman–Crippen LogP) is 3.97. The van der Waals surface area contributed by atoms with Crippen molar-refractivity contribution in [2.45, 2.75) is 32.2 Å². The van der Waals surface area contributed by atoms with Gasteiger partial charge in [0.05, 0.1) is 6.04 Å². The van der Waals surface area contributed by atoms with Gasteiger partial charge in [0.15, 0.2) is 0 Å². The second-order valence-corrected chi connectivity index (χ2v) is 5.37. The first-order chi connectivity index (χ1) is 8.08. The Labute approximate surface area is 111 Å². The summed E-state index contributed by atoms with van der Waals surface area (Å²) in [5.41, 5.74) is 0.906. The Morgan fingerprint density at radius 1 is 1.41 bits per heavy atom. The zero-order valence-electron chi connectivity index (χ0n) is 9.67. The molecule has 1 N–H and O–H groups in total. The lowest BCUT2D eigenvalue weighted by Crippen LogP contribution is -2.36. The van der Waals surface area contributed by atoms with E-state index in [0.29, 0.717) is 10.0 Å². The second kappa shape index (κ2) is 5.28. The lowest BCUT2D eigenvalue weighted by Gasteiger charge is -2.26. The van der Waals surface area contributed by atoms with Gasteiger partial charge in [-0.25, -0.2) is 0 Å². The molecule has 0 bridgehead atoms. The van der Waals surface area contributed by atoms with Crippen LogP contribution in [0.2, 0.25) is 10.0 Å². The molecule has 1 saturated carbocycles. The minimum Gasteiger partial charge on any atom is -0.349 e. The maximum Gasteiger partial charge on any atom is 0.223 e. The highest BCUT2D eigenvalue weighted by atomic mass is 35.5. The van der Waals surface area contributed by atoms with Gasteiger partial charge < -0.3 is 5.32 Å². The van der Waals surface area contributed by atoms with E-state index in [4.69, 9.17) is 23.2 Å². The predicted molar refractivity (Wildman–Crippen MR) is 70.4 cm³/mol. The summed E-state index contributed by atoms with van der Waals surface area (Å²) in [7, 11) is 0. The van der Waals surface area contributed by atoms with Crippen molar-refractivity contribution >= 4 is 29.1 Å². The van der Waals surface area contributed by atoms with Crippen LogP contribution in [0.4, 0.5) is 0 Å². The van der Waals surface area contributed by atoms with E-state index >= 15 is 0 Å². The van der Waals surface area contributed by atoms with Gasteiger partial charge in [-0.15, -0.1) is 0 Å². The van der Waals surface area contributed by atoms with Crippen LogP contribution in [0.25, 0.3) is 0 Å². The molecule has 2 nitrogen and oxygen atoms in total. The summed E-state index contributed by atoms with van der Waals surface area (Å²) in [4.78, 5) is 11.8. The fraction of sp³-hybridized carbons (Fsp3) is 0.462. The highest BCUT2D eigenvalue weighted by Crippen LogP contribution is 2.29. The van der Waals surface area contributed by atoms with Gasteiger partial charge in [0.25, 0.3) is 0 Å². The van der Waals surface area contributed by atoms with Gasteiger partial charge in [0.1, 0.15) is 0 Å². The summed E-state index contributed by atoms with van der Waals surface area (Å²) in [5.74, 6) is 0.332. The molecule has 2 rings (SSSR count). The van der Waals surface area contributed by atoms with Gasteiger partial charge in [-0.1, -0.05) is 35.7 Å². The van der Waals surface area contributed by atoms with Crippen LogP contribution in [-0.2, 0) is 4.79 Å². The van der Waals surface area contributed by atoms with E-state index < -0.39 is 0 Å². The van der Waals surface area contributed by atoms with Crippen molar-refractivity contribution in [1.82, 2.24) is 5.32 Å². The highest BCUT2D eigenvalue weighted by molar-refractivity contribution is 6.35. The van der Waals surface area contributed by atoms with Crippen LogP contribution in [0.5, 0.6) is 0 Å². The minimum atomic E-state index is -0.0760. The molecule has 1 atom stereocenters. The van der Waals surface area contributed by atoms with E-state index in [1.807, 2.05) is 13.0 Å². The molecule has 0 saturated heterocycles. The summed E-state index contributed by atoms with van der Waals surface area (Å²) in [6.45, 7) is 1.94. The minimum absolute atomic E-state index is 0.0760. The smallest absolute Gasteiger partial charge is 0.223 e. The summed E-state index contributed by atoms with van der Waals surface area (Å²) < 4.78 is 0. The van der Waals surface area contributed by atoms with Crippen molar-refractivity contribution in [2.75, 3.05) is 0 Å². The van der Waals surface area contributed by atoms with Gasteiger partial charge in [-0.3, -0.25) is 4.79 Å². The normalized spacial score (nSPS) is 17.4. The van der Waals surface area contributed by atoms with E-state index in [1.165, 1.54) is 0 Å². The fourth-order valence-electron chi connectivity index (χ4n) is 1.93. The number of nitrogens with one attached hydrogen (secondary N) is 1. The van der Waals surface area contributed by atoms with Crippen molar-refractivity contribution in [3.63, 3.8) is 0 Å². The molecule has 0 aromatic heterocycles. The average molecular weight is 272 g/mol. The van der Waals surface area contributed by atoms with Crippen LogP contribution in [0.3, 0.4) is 0 Å². The number of rotatable bonds is 3. The lowest BCUT2D eigenvalue weighted by molar-refractivity contribution is -0.128. The molecule has 1 fully saturated rings. The standard InChI is InChI=1S/C13H15Cl2NO/c1-8(16-13(17)9-3-2-4-9)11-6-5-10(14)7-12(11)15/h5-9H,2-4H2,1H3,(H,16,17)/t8-/m1/s1. The Morgan fingerprint density at radius 2 is 2.12 bits per heavy atom. The van der Waals surface area contributed by atoms with Crippen molar-refractivity contribution < 1.29 is 4.79 Å². The number of amides is 1. The van der Waals surface area contributed by atoms with Gasteiger partial charge in [-0.2, -0.15) is 0 Å². The molecule has 0 unspecified atom stereocenters. The monoisotopic (exact) mass is 271 g/mol. The van der Waals surface area contributed by atoms with Crippen LogP contribution in [0.1, 0.15) is 37.8 Å². The summed E-state index contributed by atoms with van der Waals surface area (Å²) in [6.07, 6.45) is 3.17. The maximum absolute atomic E-state index is 11.8. The number of carbonyl (C=O) groups is 1. The topological polar surface area (TPSA) is 29.1 Å². The quantitative estimate of drug-likeness (QED) is 0.886. The summed E-state index contributed by atoms with van der Waals surface area (Å²) >= 11 is 11.9. The van der Waals surface area contributed by atoms with E-state index in [0.717, 1.165) is 24.8 Å². The molecule has 92 valence electrons. The van der Waals surface area contributed by atoms with Gasteiger partial charge in [0, 0.05) is 16.0 Å². The molecule has 0 heterocycles. The molecule has 1 amide bonds. The highest BCUT2D eigenvalue weighted by Gasteiger charge is 2.26. The first kappa shape index (κ1) is 12.7. The molecular formula is C13H15Cl2NO. The number of hydrogen-bond donors (Lipinski definition) is 1. The fourth-order valence-corrected chi connectivity index (χ4v) is 2.50. The van der Waals surface area contributed by atoms with E-state index in [9.17, 15) is 4.79 Å². The van der Waals surface area contributed by atoms with Crippen LogP contribution >= 0.6 is 23.2 Å². The Bertz CT molecular complexity index is 429. The summed E-state index contributed by atoms with van der Waals surface area (Å²) in [6, 6.07) is 5.27. The largest absolute Gasteiger partial charge is 0.349 e. The Morgan fingerprint density at radius 3 is 2.65 bits per heavy atom. The van der Waals surface area contributed by atoms with Crippen LogP contribution in [0, 0.1) is 5.92 Å². The third kappa shape index (κ3) is 2.93. The number of halogens is 2. The second-order valence-electron chi connectivity index (χ2n) is 4.52. The lowest BCUT2D eigenvalue weighted by atomic mass is 9.84. The summed E-state index contributed by atoms with van der Waals surface area (Å²) in [5, 5.41) is 4.20. The molecule has 0 aliphatic heterocycles. The van der Waals surface area contributed by atoms with Crippen molar-refractivity contribution in [2.24, 2.45) is 5.92 Å². The zero-order chi connectivity index (χ0) is 12.4. The van der Waals surface area contributed by atoms with Crippen molar-refractivity contribution in [3.05, 3.63) is 33.8 Å². The first-order valence-electron chi connectivity index (χ1n) is 5.83. The van der Waals surface area contributed by atoms with Gasteiger partial charge in [-0.05, 0) is 37.5 Å². The molecule has 1 aliphatic rings.